The number of rotatable bonds is 6. The molecule has 116 valence electrons. The van der Waals surface area contributed by atoms with Crippen LogP contribution in [0.4, 0.5) is 0 Å². The third-order valence-corrected chi connectivity index (χ3v) is 3.57. The van der Waals surface area contributed by atoms with Gasteiger partial charge in [0.2, 0.25) is 5.78 Å². The molecule has 0 bridgehead atoms. The monoisotopic (exact) mass is 340 g/mol. The molecule has 0 aliphatic carbocycles. The predicted molar refractivity (Wildman–Crippen MR) is 85.8 cm³/mol. The zero-order valence-electron chi connectivity index (χ0n) is 12.1. The third-order valence-electron chi connectivity index (χ3n) is 2.98. The fourth-order valence-electron chi connectivity index (χ4n) is 1.86. The lowest BCUT2D eigenvalue weighted by atomic mass is 10.1. The zero-order chi connectivity index (χ0) is 16.1. The largest absolute Gasteiger partial charge is 0.497 e. The number of para-hydroxylation sites is 1. The van der Waals surface area contributed by atoms with Gasteiger partial charge in [-0.1, -0.05) is 29.3 Å². The highest BCUT2D eigenvalue weighted by Gasteiger charge is 2.15. The van der Waals surface area contributed by atoms with Crippen LogP contribution in [0.1, 0.15) is 10.4 Å². The van der Waals surface area contributed by atoms with Crippen LogP contribution in [0.25, 0.3) is 0 Å². The molecule has 0 atom stereocenters. The summed E-state index contributed by atoms with van der Waals surface area (Å²) < 4.78 is 15.7. The van der Waals surface area contributed by atoms with E-state index >= 15 is 0 Å². The second kappa shape index (κ2) is 7.38. The first-order chi connectivity index (χ1) is 10.6. The number of Topliss-reactive ketones (excluding diaryl/α,β-unsaturated/α-hetero) is 1. The highest BCUT2D eigenvalue weighted by Crippen LogP contribution is 2.32. The molecule has 2 aromatic rings. The van der Waals surface area contributed by atoms with Crippen LogP contribution in [0.15, 0.2) is 36.4 Å². The predicted octanol–water partition coefficient (Wildman–Crippen LogP) is 4.27. The quantitative estimate of drug-likeness (QED) is 0.736. The summed E-state index contributed by atoms with van der Waals surface area (Å²) in [7, 11) is 3.02. The lowest BCUT2D eigenvalue weighted by Gasteiger charge is -2.12. The van der Waals surface area contributed by atoms with Gasteiger partial charge in [0, 0.05) is 6.07 Å². The maximum absolute atomic E-state index is 12.3. The molecule has 0 spiro atoms. The molecule has 2 rings (SSSR count). The molecular weight excluding hydrogens is 327 g/mol. The van der Waals surface area contributed by atoms with E-state index < -0.39 is 0 Å². The number of carbonyl (C=O) groups excluding carboxylic acids is 1. The van der Waals surface area contributed by atoms with Gasteiger partial charge in [0.1, 0.15) is 11.5 Å². The molecule has 0 fully saturated rings. The Balaban J connectivity index is 2.16. The molecule has 2 aromatic carbocycles. The topological polar surface area (TPSA) is 44.8 Å². The average Bonchev–Trinajstić information content (AvgIpc) is 2.53. The summed E-state index contributed by atoms with van der Waals surface area (Å²) in [6, 6.07) is 9.92. The van der Waals surface area contributed by atoms with Gasteiger partial charge < -0.3 is 14.2 Å². The van der Waals surface area contributed by atoms with Crippen molar-refractivity contribution in [1.82, 2.24) is 0 Å². The number of ketones is 1. The van der Waals surface area contributed by atoms with Gasteiger partial charge in [-0.05, 0) is 24.3 Å². The average molecular weight is 341 g/mol. The van der Waals surface area contributed by atoms with Crippen LogP contribution in [0.2, 0.25) is 10.0 Å². The molecule has 0 aromatic heterocycles. The van der Waals surface area contributed by atoms with Crippen LogP contribution in [0.5, 0.6) is 17.2 Å². The Kier molecular flexibility index (Phi) is 5.52. The Bertz CT molecular complexity index is 666. The summed E-state index contributed by atoms with van der Waals surface area (Å²) in [4.78, 5) is 12.3. The number of hydrogen-bond acceptors (Lipinski definition) is 4. The van der Waals surface area contributed by atoms with Crippen molar-refractivity contribution >= 4 is 29.0 Å². The smallest absolute Gasteiger partial charge is 0.203 e. The Labute approximate surface area is 138 Å². The van der Waals surface area contributed by atoms with Gasteiger partial charge in [0.15, 0.2) is 12.4 Å². The second-order valence-electron chi connectivity index (χ2n) is 4.33. The van der Waals surface area contributed by atoms with Crippen LogP contribution in [-0.4, -0.2) is 26.6 Å². The van der Waals surface area contributed by atoms with Gasteiger partial charge in [0.25, 0.3) is 0 Å². The number of carbonyl (C=O) groups is 1. The SMILES string of the molecule is COc1ccc(C(=O)COc2c(Cl)cccc2Cl)c(OC)c1. The van der Waals surface area contributed by atoms with E-state index in [9.17, 15) is 4.79 Å². The van der Waals surface area contributed by atoms with E-state index in [1.807, 2.05) is 0 Å². The minimum absolute atomic E-state index is 0.202. The molecule has 0 saturated carbocycles. The van der Waals surface area contributed by atoms with Crippen molar-refractivity contribution in [1.29, 1.82) is 0 Å². The van der Waals surface area contributed by atoms with Crippen LogP contribution in [-0.2, 0) is 0 Å². The highest BCUT2D eigenvalue weighted by molar-refractivity contribution is 6.37. The maximum Gasteiger partial charge on any atom is 0.203 e. The summed E-state index contributed by atoms with van der Waals surface area (Å²) in [5.41, 5.74) is 0.395. The summed E-state index contributed by atoms with van der Waals surface area (Å²) in [5, 5.41) is 0.698. The lowest BCUT2D eigenvalue weighted by Crippen LogP contribution is -2.13. The van der Waals surface area contributed by atoms with E-state index in [0.717, 1.165) is 0 Å². The molecule has 0 unspecified atom stereocenters. The fourth-order valence-corrected chi connectivity index (χ4v) is 2.37. The molecule has 4 nitrogen and oxygen atoms in total. The van der Waals surface area contributed by atoms with E-state index in [1.54, 1.807) is 43.5 Å². The standard InChI is InChI=1S/C16H14Cl2O4/c1-20-10-6-7-11(15(8-10)21-2)14(19)9-22-16-12(17)4-3-5-13(16)18/h3-8H,9H2,1-2H3. The fraction of sp³-hybridized carbons (Fsp3) is 0.188. The molecule has 0 radical (unpaired) electrons. The highest BCUT2D eigenvalue weighted by atomic mass is 35.5. The van der Waals surface area contributed by atoms with E-state index in [0.29, 0.717) is 27.1 Å². The molecule has 6 heteroatoms. The normalized spacial score (nSPS) is 10.2. The van der Waals surface area contributed by atoms with Crippen LogP contribution in [0.3, 0.4) is 0 Å². The lowest BCUT2D eigenvalue weighted by molar-refractivity contribution is 0.0918. The van der Waals surface area contributed by atoms with Crippen LogP contribution in [0, 0.1) is 0 Å². The minimum Gasteiger partial charge on any atom is -0.497 e. The Morgan fingerprint density at radius 2 is 1.73 bits per heavy atom. The van der Waals surface area contributed by atoms with E-state index in [1.165, 1.54) is 7.11 Å². The van der Waals surface area contributed by atoms with Crippen LogP contribution < -0.4 is 14.2 Å². The van der Waals surface area contributed by atoms with Crippen molar-refractivity contribution in [2.75, 3.05) is 20.8 Å². The maximum atomic E-state index is 12.3. The minimum atomic E-state index is -0.254. The molecule has 0 N–H and O–H groups in total. The Hall–Kier alpha value is -1.91. The van der Waals surface area contributed by atoms with Crippen molar-refractivity contribution in [2.45, 2.75) is 0 Å². The zero-order valence-corrected chi connectivity index (χ0v) is 13.6. The molecule has 0 aliphatic heterocycles. The number of benzene rings is 2. The summed E-state index contributed by atoms with van der Waals surface area (Å²) in [6.07, 6.45) is 0. The van der Waals surface area contributed by atoms with Gasteiger partial charge in [-0.2, -0.15) is 0 Å². The van der Waals surface area contributed by atoms with Crippen LogP contribution >= 0.6 is 23.2 Å². The molecule has 0 aliphatic rings. The number of hydrogen-bond donors (Lipinski definition) is 0. The Morgan fingerprint density at radius 1 is 1.05 bits per heavy atom. The first kappa shape index (κ1) is 16.5. The van der Waals surface area contributed by atoms with E-state index in [2.05, 4.69) is 0 Å². The van der Waals surface area contributed by atoms with Gasteiger partial charge in [-0.3, -0.25) is 4.79 Å². The van der Waals surface area contributed by atoms with Crippen molar-refractivity contribution in [3.63, 3.8) is 0 Å². The number of halogens is 2. The first-order valence-electron chi connectivity index (χ1n) is 6.39. The van der Waals surface area contributed by atoms with Gasteiger partial charge >= 0.3 is 0 Å². The van der Waals surface area contributed by atoms with Gasteiger partial charge in [0.05, 0.1) is 29.8 Å². The summed E-state index contributed by atoms with van der Waals surface area (Å²) >= 11 is 12.0. The second-order valence-corrected chi connectivity index (χ2v) is 5.14. The first-order valence-corrected chi connectivity index (χ1v) is 7.14. The Morgan fingerprint density at radius 3 is 2.32 bits per heavy atom. The molecule has 0 amide bonds. The van der Waals surface area contributed by atoms with E-state index in [-0.39, 0.29) is 18.1 Å². The summed E-state index contributed by atoms with van der Waals surface area (Å²) in [5.74, 6) is 1.05. The van der Waals surface area contributed by atoms with Gasteiger partial charge in [-0.15, -0.1) is 0 Å². The van der Waals surface area contributed by atoms with E-state index in [4.69, 9.17) is 37.4 Å². The number of methoxy groups -OCH3 is 2. The molecule has 0 heterocycles. The van der Waals surface area contributed by atoms with Crippen molar-refractivity contribution in [3.8, 4) is 17.2 Å². The van der Waals surface area contributed by atoms with Crippen molar-refractivity contribution < 1.29 is 19.0 Å². The van der Waals surface area contributed by atoms with Crippen molar-refractivity contribution in [2.24, 2.45) is 0 Å². The third kappa shape index (κ3) is 3.64. The molecule has 22 heavy (non-hydrogen) atoms. The van der Waals surface area contributed by atoms with Gasteiger partial charge in [-0.25, -0.2) is 0 Å². The van der Waals surface area contributed by atoms with Crippen molar-refractivity contribution in [3.05, 3.63) is 52.0 Å². The number of ether oxygens (including phenoxy) is 3. The summed E-state index contributed by atoms with van der Waals surface area (Å²) in [6.45, 7) is -0.202. The molecule has 0 saturated heterocycles. The molecular formula is C16H14Cl2O4.